The molecular weight excluding hydrogens is 190 g/mol. The van der Waals surface area contributed by atoms with Gasteiger partial charge in [-0.3, -0.25) is 0 Å². The van der Waals surface area contributed by atoms with Crippen LogP contribution in [0.1, 0.15) is 13.8 Å². The third-order valence-electron chi connectivity index (χ3n) is 1.78. The minimum absolute atomic E-state index is 0.0563. The summed E-state index contributed by atoms with van der Waals surface area (Å²) in [5.41, 5.74) is 0.924. The highest BCUT2D eigenvalue weighted by Gasteiger charge is 2.08. The van der Waals surface area contributed by atoms with Gasteiger partial charge in [0.2, 0.25) is 10.0 Å². The summed E-state index contributed by atoms with van der Waals surface area (Å²) >= 11 is 0. The van der Waals surface area contributed by atoms with Gasteiger partial charge in [-0.15, -0.1) is 0 Å². The Bertz CT molecular complexity index is 269. The fourth-order valence-electron chi connectivity index (χ4n) is 0.846. The van der Waals surface area contributed by atoms with Crippen molar-refractivity contribution in [2.45, 2.75) is 20.0 Å². The van der Waals surface area contributed by atoms with Crippen molar-refractivity contribution in [3.05, 3.63) is 11.6 Å². The van der Waals surface area contributed by atoms with Crippen molar-refractivity contribution >= 4 is 10.0 Å². The highest BCUT2D eigenvalue weighted by Crippen LogP contribution is 2.03. The average Bonchev–Trinajstić information content (AvgIpc) is 2.03. The number of sulfonamides is 1. The van der Waals surface area contributed by atoms with Crippen LogP contribution in [-0.4, -0.2) is 34.4 Å². The minimum atomic E-state index is -3.12. The molecule has 1 unspecified atom stereocenters. The second kappa shape index (κ2) is 5.36. The fraction of sp³-hybridized carbons (Fsp3) is 0.750. The molecule has 0 aromatic heterocycles. The van der Waals surface area contributed by atoms with Crippen molar-refractivity contribution in [1.29, 1.82) is 0 Å². The molecule has 0 radical (unpaired) electrons. The molecule has 78 valence electrons. The second-order valence-corrected chi connectivity index (χ2v) is 4.67. The molecule has 0 heterocycles. The number of hydrogen-bond donors (Lipinski definition) is 1. The highest BCUT2D eigenvalue weighted by atomic mass is 32.2. The Morgan fingerprint density at radius 1 is 1.62 bits per heavy atom. The zero-order chi connectivity index (χ0) is 10.5. The number of nitrogens with one attached hydrogen (secondary N) is 1. The molecule has 0 aromatic carbocycles. The monoisotopic (exact) mass is 207 g/mol. The molecule has 0 fully saturated rings. The third kappa shape index (κ3) is 5.79. The van der Waals surface area contributed by atoms with E-state index < -0.39 is 10.0 Å². The number of rotatable bonds is 5. The second-order valence-electron chi connectivity index (χ2n) is 2.83. The Morgan fingerprint density at radius 3 is 2.46 bits per heavy atom. The molecule has 4 nitrogen and oxygen atoms in total. The van der Waals surface area contributed by atoms with Crippen molar-refractivity contribution in [2.75, 3.05) is 19.9 Å². The molecule has 0 saturated carbocycles. The number of hydrogen-bond acceptors (Lipinski definition) is 3. The van der Waals surface area contributed by atoms with Crippen molar-refractivity contribution < 1.29 is 13.2 Å². The summed E-state index contributed by atoms with van der Waals surface area (Å²) in [7, 11) is -1.53. The average molecular weight is 207 g/mol. The van der Waals surface area contributed by atoms with Gasteiger partial charge in [0.1, 0.15) is 0 Å². The van der Waals surface area contributed by atoms with Crippen LogP contribution in [0.3, 0.4) is 0 Å². The van der Waals surface area contributed by atoms with E-state index in [-0.39, 0.29) is 6.10 Å². The van der Waals surface area contributed by atoms with Gasteiger partial charge in [0.05, 0.1) is 12.4 Å². The Hall–Kier alpha value is -0.390. The summed E-state index contributed by atoms with van der Waals surface area (Å²) in [6.07, 6.45) is 2.93. The molecule has 0 aliphatic heterocycles. The lowest BCUT2D eigenvalue weighted by Crippen LogP contribution is -2.27. The molecule has 0 aliphatic rings. The summed E-state index contributed by atoms with van der Waals surface area (Å²) in [5, 5.41) is 0. The van der Waals surface area contributed by atoms with E-state index in [1.807, 2.05) is 19.9 Å². The SMILES string of the molecule is C/C=C(/CNS(C)(=O)=O)C(C)OC. The van der Waals surface area contributed by atoms with Gasteiger partial charge >= 0.3 is 0 Å². The molecule has 0 rings (SSSR count). The molecule has 0 saturated heterocycles. The van der Waals surface area contributed by atoms with Crippen LogP contribution in [0.25, 0.3) is 0 Å². The van der Waals surface area contributed by atoms with Crippen LogP contribution < -0.4 is 4.72 Å². The lowest BCUT2D eigenvalue weighted by atomic mass is 10.1. The maximum Gasteiger partial charge on any atom is 0.208 e. The van der Waals surface area contributed by atoms with E-state index in [0.29, 0.717) is 6.54 Å². The first-order chi connectivity index (χ1) is 5.90. The van der Waals surface area contributed by atoms with Gasteiger partial charge in [0.15, 0.2) is 0 Å². The molecule has 0 spiro atoms. The van der Waals surface area contributed by atoms with Gasteiger partial charge in [0.25, 0.3) is 0 Å². The van der Waals surface area contributed by atoms with Crippen molar-refractivity contribution in [3.8, 4) is 0 Å². The summed E-state index contributed by atoms with van der Waals surface area (Å²) in [5.74, 6) is 0. The minimum Gasteiger partial charge on any atom is -0.377 e. The van der Waals surface area contributed by atoms with E-state index in [9.17, 15) is 8.42 Å². The first-order valence-corrected chi connectivity index (χ1v) is 5.92. The van der Waals surface area contributed by atoms with Gasteiger partial charge in [-0.1, -0.05) is 6.08 Å². The van der Waals surface area contributed by atoms with Crippen LogP contribution in [0.5, 0.6) is 0 Å². The maximum atomic E-state index is 10.8. The van der Waals surface area contributed by atoms with Crippen LogP contribution in [0.15, 0.2) is 11.6 Å². The first-order valence-electron chi connectivity index (χ1n) is 4.03. The maximum absolute atomic E-state index is 10.8. The van der Waals surface area contributed by atoms with Gasteiger partial charge in [-0.2, -0.15) is 0 Å². The highest BCUT2D eigenvalue weighted by molar-refractivity contribution is 7.88. The van der Waals surface area contributed by atoms with Crippen LogP contribution in [0, 0.1) is 0 Å². The van der Waals surface area contributed by atoms with Crippen LogP contribution in [0.2, 0.25) is 0 Å². The number of methoxy groups -OCH3 is 1. The predicted octanol–water partition coefficient (Wildman–Crippen LogP) is 0.517. The molecule has 1 N–H and O–H groups in total. The zero-order valence-corrected chi connectivity index (χ0v) is 9.31. The van der Waals surface area contributed by atoms with Crippen LogP contribution in [-0.2, 0) is 14.8 Å². The molecule has 5 heteroatoms. The molecule has 0 amide bonds. The summed E-state index contributed by atoms with van der Waals surface area (Å²) in [6.45, 7) is 4.04. The molecule has 13 heavy (non-hydrogen) atoms. The molecular formula is C8H17NO3S. The fourth-order valence-corrected chi connectivity index (χ4v) is 1.28. The normalized spacial score (nSPS) is 15.8. The molecule has 0 aliphatic carbocycles. The molecule has 1 atom stereocenters. The van der Waals surface area contributed by atoms with E-state index in [0.717, 1.165) is 11.8 Å². The Balaban J connectivity index is 4.18. The standard InChI is InChI=1S/C8H17NO3S/c1-5-8(7(2)12-3)6-9-13(4,10)11/h5,7,9H,6H2,1-4H3/b8-5-. The van der Waals surface area contributed by atoms with Crippen LogP contribution in [0.4, 0.5) is 0 Å². The number of allylic oxidation sites excluding steroid dienone is 1. The van der Waals surface area contributed by atoms with E-state index in [1.54, 1.807) is 7.11 Å². The van der Waals surface area contributed by atoms with Crippen molar-refractivity contribution in [3.63, 3.8) is 0 Å². The topological polar surface area (TPSA) is 55.4 Å². The lowest BCUT2D eigenvalue weighted by molar-refractivity contribution is 0.145. The van der Waals surface area contributed by atoms with Gasteiger partial charge in [-0.25, -0.2) is 13.1 Å². The lowest BCUT2D eigenvalue weighted by Gasteiger charge is -2.13. The largest absolute Gasteiger partial charge is 0.377 e. The summed E-state index contributed by atoms with van der Waals surface area (Å²) in [6, 6.07) is 0. The van der Waals surface area contributed by atoms with E-state index in [2.05, 4.69) is 4.72 Å². The van der Waals surface area contributed by atoms with E-state index in [4.69, 9.17) is 4.74 Å². The van der Waals surface area contributed by atoms with Crippen LogP contribution >= 0.6 is 0 Å². The van der Waals surface area contributed by atoms with Gasteiger partial charge in [0, 0.05) is 13.7 Å². The summed E-state index contributed by atoms with van der Waals surface area (Å²) in [4.78, 5) is 0. The number of ether oxygens (including phenoxy) is 1. The van der Waals surface area contributed by atoms with Crippen molar-refractivity contribution in [1.82, 2.24) is 4.72 Å². The van der Waals surface area contributed by atoms with Gasteiger partial charge in [-0.05, 0) is 19.4 Å². The van der Waals surface area contributed by atoms with Gasteiger partial charge < -0.3 is 4.74 Å². The Morgan fingerprint density at radius 2 is 2.15 bits per heavy atom. The molecule has 0 bridgehead atoms. The zero-order valence-electron chi connectivity index (χ0n) is 8.49. The smallest absolute Gasteiger partial charge is 0.208 e. The Labute approximate surface area is 80.0 Å². The molecule has 0 aromatic rings. The summed E-state index contributed by atoms with van der Waals surface area (Å²) < 4.78 is 29.0. The third-order valence-corrected chi connectivity index (χ3v) is 2.45. The Kier molecular flexibility index (Phi) is 5.20. The van der Waals surface area contributed by atoms with Crippen molar-refractivity contribution in [2.24, 2.45) is 0 Å². The predicted molar refractivity (Wildman–Crippen MR) is 53.1 cm³/mol. The van der Waals surface area contributed by atoms with E-state index >= 15 is 0 Å². The van der Waals surface area contributed by atoms with E-state index in [1.165, 1.54) is 0 Å². The first kappa shape index (κ1) is 12.6. The quantitative estimate of drug-likeness (QED) is 0.669.